The number of benzene rings is 1. The fraction of sp³-hybridized carbons (Fsp3) is 0.500. The fourth-order valence-corrected chi connectivity index (χ4v) is 1.87. The Morgan fingerprint density at radius 3 is 2.45 bits per heavy atom. The zero-order chi connectivity index (χ0) is 16.1. The lowest BCUT2D eigenvalue weighted by Crippen LogP contribution is -2.40. The Bertz CT molecular complexity index is 524. The number of ether oxygens (including phenoxy) is 1. The lowest BCUT2D eigenvalue weighted by molar-refractivity contribution is -0.123. The molecule has 6 heteroatoms. The Labute approximate surface area is 130 Å². The molecule has 2 N–H and O–H groups in total. The van der Waals surface area contributed by atoms with Crippen LogP contribution in [0.15, 0.2) is 24.3 Å². The van der Waals surface area contributed by atoms with Crippen LogP contribution in [0.4, 0.5) is 10.5 Å². The molecule has 0 aromatic heterocycles. The molecule has 1 aromatic carbocycles. The number of nitrogens with zero attached hydrogens (tertiary/aromatic N) is 1. The second-order valence-electron chi connectivity index (χ2n) is 5.79. The summed E-state index contributed by atoms with van der Waals surface area (Å²) < 4.78 is 5.43. The van der Waals surface area contributed by atoms with E-state index in [4.69, 9.17) is 4.74 Å². The highest BCUT2D eigenvalue weighted by molar-refractivity contribution is 5.91. The molecule has 2 rings (SSSR count). The first kappa shape index (κ1) is 16.1. The molecule has 6 nitrogen and oxygen atoms in total. The van der Waals surface area contributed by atoms with Crippen molar-refractivity contribution in [2.45, 2.75) is 38.8 Å². The molecule has 0 spiro atoms. The summed E-state index contributed by atoms with van der Waals surface area (Å²) >= 11 is 0. The van der Waals surface area contributed by atoms with E-state index in [1.165, 1.54) is 4.90 Å². The van der Waals surface area contributed by atoms with Crippen LogP contribution in [-0.4, -0.2) is 37.7 Å². The summed E-state index contributed by atoms with van der Waals surface area (Å²) in [4.78, 5) is 25.0. The van der Waals surface area contributed by atoms with E-state index in [-0.39, 0.29) is 24.6 Å². The zero-order valence-electron chi connectivity index (χ0n) is 13.3. The van der Waals surface area contributed by atoms with Crippen LogP contribution >= 0.6 is 0 Å². The molecule has 0 radical (unpaired) electrons. The summed E-state index contributed by atoms with van der Waals surface area (Å²) in [5.41, 5.74) is 0.757. The van der Waals surface area contributed by atoms with E-state index in [1.807, 2.05) is 13.8 Å². The molecule has 120 valence electrons. The first-order chi connectivity index (χ1) is 10.5. The molecule has 0 atom stereocenters. The summed E-state index contributed by atoms with van der Waals surface area (Å²) in [6.45, 7) is 3.84. The molecular formula is C16H23N3O3. The van der Waals surface area contributed by atoms with Crippen LogP contribution in [0, 0.1) is 0 Å². The number of carbonyl (C=O) groups is 2. The summed E-state index contributed by atoms with van der Waals surface area (Å²) in [5.74, 6) is 0.507. The van der Waals surface area contributed by atoms with Gasteiger partial charge in [-0.15, -0.1) is 0 Å². The Morgan fingerprint density at radius 1 is 1.27 bits per heavy atom. The predicted octanol–water partition coefficient (Wildman–Crippen LogP) is 1.90. The van der Waals surface area contributed by atoms with Crippen LogP contribution in [-0.2, 0) is 4.79 Å². The summed E-state index contributed by atoms with van der Waals surface area (Å²) in [6.07, 6.45) is 2.12. The maximum atomic E-state index is 11.9. The van der Waals surface area contributed by atoms with E-state index in [9.17, 15) is 9.59 Å². The van der Waals surface area contributed by atoms with Crippen molar-refractivity contribution in [2.75, 3.05) is 18.6 Å². The minimum Gasteiger partial charge on any atom is -0.484 e. The molecule has 22 heavy (non-hydrogen) atoms. The summed E-state index contributed by atoms with van der Waals surface area (Å²) in [5, 5.41) is 5.68. The highest BCUT2D eigenvalue weighted by Crippen LogP contribution is 2.20. The van der Waals surface area contributed by atoms with E-state index in [0.29, 0.717) is 11.8 Å². The molecule has 1 aromatic rings. The van der Waals surface area contributed by atoms with Gasteiger partial charge in [0.25, 0.3) is 5.91 Å². The molecule has 0 bridgehead atoms. The number of anilines is 1. The smallest absolute Gasteiger partial charge is 0.321 e. The van der Waals surface area contributed by atoms with Gasteiger partial charge in [-0.2, -0.15) is 0 Å². The Morgan fingerprint density at radius 2 is 1.91 bits per heavy atom. The van der Waals surface area contributed by atoms with Gasteiger partial charge in [-0.25, -0.2) is 4.79 Å². The topological polar surface area (TPSA) is 70.7 Å². The van der Waals surface area contributed by atoms with Crippen LogP contribution in [0.25, 0.3) is 0 Å². The molecule has 0 heterocycles. The van der Waals surface area contributed by atoms with E-state index in [0.717, 1.165) is 18.5 Å². The van der Waals surface area contributed by atoms with Gasteiger partial charge in [0.1, 0.15) is 5.75 Å². The SMILES string of the molecule is CC(C)NC(=O)N(C)c1ccc(OCC(=O)NC2CC2)cc1. The van der Waals surface area contributed by atoms with Crippen molar-refractivity contribution >= 4 is 17.6 Å². The molecule has 1 aliphatic rings. The van der Waals surface area contributed by atoms with Gasteiger partial charge in [-0.1, -0.05) is 0 Å². The van der Waals surface area contributed by atoms with Gasteiger partial charge in [0.05, 0.1) is 0 Å². The van der Waals surface area contributed by atoms with Gasteiger partial charge in [0, 0.05) is 24.8 Å². The predicted molar refractivity (Wildman–Crippen MR) is 85.2 cm³/mol. The molecule has 1 fully saturated rings. The molecule has 0 unspecified atom stereocenters. The van der Waals surface area contributed by atoms with Gasteiger partial charge in [0.2, 0.25) is 0 Å². The van der Waals surface area contributed by atoms with Crippen molar-refractivity contribution in [1.82, 2.24) is 10.6 Å². The first-order valence-corrected chi connectivity index (χ1v) is 7.52. The van der Waals surface area contributed by atoms with E-state index in [1.54, 1.807) is 31.3 Å². The van der Waals surface area contributed by atoms with Crippen molar-refractivity contribution in [2.24, 2.45) is 0 Å². The van der Waals surface area contributed by atoms with Crippen LogP contribution in [0.2, 0.25) is 0 Å². The molecule has 0 aliphatic heterocycles. The van der Waals surface area contributed by atoms with Gasteiger partial charge in [0.15, 0.2) is 6.61 Å². The number of hydrogen-bond donors (Lipinski definition) is 2. The Balaban J connectivity index is 1.83. The van der Waals surface area contributed by atoms with Gasteiger partial charge >= 0.3 is 6.03 Å². The Kier molecular flexibility index (Phi) is 5.25. The third kappa shape index (κ3) is 4.95. The van der Waals surface area contributed by atoms with E-state index >= 15 is 0 Å². The van der Waals surface area contributed by atoms with Crippen molar-refractivity contribution in [1.29, 1.82) is 0 Å². The van der Waals surface area contributed by atoms with Crippen molar-refractivity contribution in [3.05, 3.63) is 24.3 Å². The fourth-order valence-electron chi connectivity index (χ4n) is 1.87. The maximum Gasteiger partial charge on any atom is 0.321 e. The zero-order valence-corrected chi connectivity index (χ0v) is 13.3. The van der Waals surface area contributed by atoms with Crippen molar-refractivity contribution in [3.8, 4) is 5.75 Å². The highest BCUT2D eigenvalue weighted by atomic mass is 16.5. The molecule has 0 saturated heterocycles. The van der Waals surface area contributed by atoms with E-state index < -0.39 is 0 Å². The second-order valence-corrected chi connectivity index (χ2v) is 5.79. The lowest BCUT2D eigenvalue weighted by Gasteiger charge is -2.20. The second kappa shape index (κ2) is 7.15. The van der Waals surface area contributed by atoms with Crippen molar-refractivity contribution < 1.29 is 14.3 Å². The average Bonchev–Trinajstić information content (AvgIpc) is 3.28. The minimum absolute atomic E-state index is 0.0134. The third-order valence-corrected chi connectivity index (χ3v) is 3.25. The van der Waals surface area contributed by atoms with Crippen molar-refractivity contribution in [3.63, 3.8) is 0 Å². The third-order valence-electron chi connectivity index (χ3n) is 3.25. The number of carbonyl (C=O) groups excluding carboxylic acids is 2. The largest absolute Gasteiger partial charge is 0.484 e. The maximum absolute atomic E-state index is 11.9. The number of urea groups is 1. The standard InChI is InChI=1S/C16H23N3O3/c1-11(2)17-16(21)19(3)13-6-8-14(9-7-13)22-10-15(20)18-12-4-5-12/h6-9,11-12H,4-5,10H2,1-3H3,(H,17,21)(H,18,20). The molecule has 1 saturated carbocycles. The van der Waals surface area contributed by atoms with Gasteiger partial charge in [-0.05, 0) is 51.0 Å². The average molecular weight is 305 g/mol. The van der Waals surface area contributed by atoms with Crippen LogP contribution in [0.5, 0.6) is 5.75 Å². The first-order valence-electron chi connectivity index (χ1n) is 7.52. The molecule has 3 amide bonds. The molecule has 1 aliphatic carbocycles. The number of hydrogen-bond acceptors (Lipinski definition) is 3. The minimum atomic E-state index is -0.160. The number of amides is 3. The molecular weight excluding hydrogens is 282 g/mol. The van der Waals surface area contributed by atoms with Crippen LogP contribution < -0.4 is 20.3 Å². The van der Waals surface area contributed by atoms with Gasteiger partial charge < -0.3 is 15.4 Å². The summed E-state index contributed by atoms with van der Waals surface area (Å²) in [6, 6.07) is 7.33. The highest BCUT2D eigenvalue weighted by Gasteiger charge is 2.23. The number of nitrogens with one attached hydrogen (secondary N) is 2. The van der Waals surface area contributed by atoms with Gasteiger partial charge in [-0.3, -0.25) is 9.69 Å². The van der Waals surface area contributed by atoms with E-state index in [2.05, 4.69) is 10.6 Å². The normalized spacial score (nSPS) is 13.6. The van der Waals surface area contributed by atoms with Crippen LogP contribution in [0.3, 0.4) is 0 Å². The lowest BCUT2D eigenvalue weighted by atomic mass is 10.3. The monoisotopic (exact) mass is 305 g/mol. The van der Waals surface area contributed by atoms with Crippen LogP contribution in [0.1, 0.15) is 26.7 Å². The summed E-state index contributed by atoms with van der Waals surface area (Å²) in [7, 11) is 1.71. The Hall–Kier alpha value is -2.24. The number of rotatable bonds is 6. The quantitative estimate of drug-likeness (QED) is 0.843.